The van der Waals surface area contributed by atoms with Gasteiger partial charge in [-0.2, -0.15) is 8.42 Å². The molecule has 1 aliphatic rings. The smallest absolute Gasteiger partial charge is 0.299 e. The molecule has 1 amide bonds. The fourth-order valence-electron chi connectivity index (χ4n) is 3.24. The van der Waals surface area contributed by atoms with Crippen LogP contribution in [0.2, 0.25) is 0 Å². The summed E-state index contributed by atoms with van der Waals surface area (Å²) in [5, 5.41) is 8.11. The summed E-state index contributed by atoms with van der Waals surface area (Å²) in [4.78, 5) is 12.9. The Morgan fingerprint density at radius 2 is 2.00 bits per heavy atom. The summed E-state index contributed by atoms with van der Waals surface area (Å²) in [6.07, 6.45) is 1.32. The lowest BCUT2D eigenvalue weighted by Crippen LogP contribution is -2.35. The van der Waals surface area contributed by atoms with Gasteiger partial charge in [-0.1, -0.05) is 13.0 Å². The third-order valence-corrected chi connectivity index (χ3v) is 5.53. The maximum Gasteiger partial charge on any atom is 0.299 e. The molecule has 0 saturated carbocycles. The summed E-state index contributed by atoms with van der Waals surface area (Å²) >= 11 is 0. The molecule has 0 bridgehead atoms. The molecule has 9 heteroatoms. The van der Waals surface area contributed by atoms with Gasteiger partial charge >= 0.3 is 0 Å². The predicted molar refractivity (Wildman–Crippen MR) is 117 cm³/mol. The second kappa shape index (κ2) is 8.93. The van der Waals surface area contributed by atoms with Crippen molar-refractivity contribution in [1.29, 1.82) is 0 Å². The van der Waals surface area contributed by atoms with Crippen molar-refractivity contribution in [3.8, 4) is 11.5 Å². The molecule has 1 aliphatic heterocycles. The lowest BCUT2D eigenvalue weighted by molar-refractivity contribution is 0.102. The van der Waals surface area contributed by atoms with Crippen LogP contribution in [-0.2, 0) is 16.6 Å². The fraction of sp³-hybridized carbons (Fsp3) is 0.381. The number of nitrogens with one attached hydrogen (secondary N) is 1. The van der Waals surface area contributed by atoms with E-state index in [9.17, 15) is 13.2 Å². The van der Waals surface area contributed by atoms with Crippen molar-refractivity contribution in [1.82, 2.24) is 0 Å². The topological polar surface area (TPSA) is 111 Å². The highest BCUT2D eigenvalue weighted by atomic mass is 32.2. The normalized spacial score (nSPS) is 13.3. The van der Waals surface area contributed by atoms with Gasteiger partial charge < -0.3 is 14.8 Å². The van der Waals surface area contributed by atoms with E-state index in [-0.39, 0.29) is 18.6 Å². The number of nitrogens with zero attached hydrogens (tertiary/aromatic N) is 1. The first-order valence-electron chi connectivity index (χ1n) is 9.87. The molecule has 0 fully saturated rings. The quantitative estimate of drug-likeness (QED) is 0.665. The minimum atomic E-state index is -3.86. The van der Waals surface area contributed by atoms with Gasteiger partial charge in [0.15, 0.2) is 0 Å². The average molecular weight is 434 g/mol. The van der Waals surface area contributed by atoms with Crippen LogP contribution in [0.15, 0.2) is 36.4 Å². The number of rotatable bonds is 8. The van der Waals surface area contributed by atoms with Crippen molar-refractivity contribution in [2.45, 2.75) is 39.7 Å². The van der Waals surface area contributed by atoms with E-state index in [1.807, 2.05) is 20.8 Å². The molecule has 0 aliphatic carbocycles. The molecule has 0 saturated heterocycles. The van der Waals surface area contributed by atoms with Crippen LogP contribution >= 0.6 is 0 Å². The molecule has 3 rings (SSSR count). The summed E-state index contributed by atoms with van der Waals surface area (Å²) in [5.74, 6) is 0.682. The predicted octanol–water partition coefficient (Wildman–Crippen LogP) is 3.08. The Hall–Kier alpha value is -2.78. The van der Waals surface area contributed by atoms with Gasteiger partial charge in [0.2, 0.25) is 0 Å². The Bertz CT molecular complexity index is 1040. The van der Waals surface area contributed by atoms with Crippen molar-refractivity contribution in [3.63, 3.8) is 0 Å². The zero-order chi connectivity index (χ0) is 21.9. The van der Waals surface area contributed by atoms with Crippen molar-refractivity contribution >= 4 is 27.5 Å². The molecule has 0 atom stereocenters. The number of fused-ring (bicyclic) bond motifs is 1. The first-order valence-corrected chi connectivity index (χ1v) is 11.4. The van der Waals surface area contributed by atoms with Gasteiger partial charge in [0, 0.05) is 18.3 Å². The standard InChI is InChI=1S/C21H27N3O5S/c1-4-11-28-17-7-8-18(20(13-17)29-14(2)3)21(25)23-16-6-5-15-9-10-24(19(15)12-16)30(22,26)27/h5-8,12-14H,4,9-11H2,1-3H3,(H,23,25)(H2,22,26,27). The SMILES string of the molecule is CCCOc1ccc(C(=O)Nc2ccc3c(c2)N(S(N)(=O)=O)CC3)c(OC(C)C)c1. The molecule has 2 aromatic carbocycles. The van der Waals surface area contributed by atoms with Crippen LogP contribution in [0.25, 0.3) is 0 Å². The Balaban J connectivity index is 1.85. The van der Waals surface area contributed by atoms with Crippen LogP contribution in [0.4, 0.5) is 11.4 Å². The van der Waals surface area contributed by atoms with E-state index in [1.165, 1.54) is 0 Å². The second-order valence-electron chi connectivity index (χ2n) is 7.34. The van der Waals surface area contributed by atoms with E-state index in [2.05, 4.69) is 5.32 Å². The first kappa shape index (κ1) is 21.9. The maximum absolute atomic E-state index is 12.9. The number of anilines is 2. The van der Waals surface area contributed by atoms with Crippen LogP contribution in [0.5, 0.6) is 11.5 Å². The van der Waals surface area contributed by atoms with Gasteiger partial charge in [-0.05, 0) is 56.5 Å². The first-order chi connectivity index (χ1) is 14.2. The highest BCUT2D eigenvalue weighted by molar-refractivity contribution is 7.90. The van der Waals surface area contributed by atoms with Gasteiger partial charge in [-0.15, -0.1) is 0 Å². The van der Waals surface area contributed by atoms with Gasteiger partial charge in [-0.3, -0.25) is 9.10 Å². The molecule has 0 unspecified atom stereocenters. The fourth-order valence-corrected chi connectivity index (χ4v) is 4.03. The number of carbonyl (C=O) groups excluding carboxylic acids is 1. The summed E-state index contributed by atoms with van der Waals surface area (Å²) in [7, 11) is -3.86. The number of amides is 1. The van der Waals surface area contributed by atoms with E-state index >= 15 is 0 Å². The third kappa shape index (κ3) is 5.03. The van der Waals surface area contributed by atoms with Crippen LogP contribution in [0.3, 0.4) is 0 Å². The monoisotopic (exact) mass is 433 g/mol. The van der Waals surface area contributed by atoms with Crippen molar-refractivity contribution < 1.29 is 22.7 Å². The Morgan fingerprint density at radius 3 is 2.67 bits per heavy atom. The Morgan fingerprint density at radius 1 is 1.23 bits per heavy atom. The summed E-state index contributed by atoms with van der Waals surface area (Å²) < 4.78 is 36.2. The molecular formula is C21H27N3O5S. The van der Waals surface area contributed by atoms with Gasteiger partial charge in [0.1, 0.15) is 11.5 Å². The lowest BCUT2D eigenvalue weighted by Gasteiger charge is -2.18. The van der Waals surface area contributed by atoms with Gasteiger partial charge in [0.25, 0.3) is 16.1 Å². The van der Waals surface area contributed by atoms with E-state index in [0.717, 1.165) is 16.3 Å². The third-order valence-electron chi connectivity index (χ3n) is 4.54. The second-order valence-corrected chi connectivity index (χ2v) is 8.81. The molecule has 1 heterocycles. The largest absolute Gasteiger partial charge is 0.493 e. The zero-order valence-electron chi connectivity index (χ0n) is 17.3. The molecule has 30 heavy (non-hydrogen) atoms. The van der Waals surface area contributed by atoms with Crippen molar-refractivity contribution in [2.75, 3.05) is 22.8 Å². The Labute approximate surface area is 177 Å². The Kier molecular flexibility index (Phi) is 6.52. The number of hydrogen-bond acceptors (Lipinski definition) is 5. The molecule has 0 radical (unpaired) electrons. The molecule has 0 aromatic heterocycles. The maximum atomic E-state index is 12.9. The zero-order valence-corrected chi connectivity index (χ0v) is 18.2. The minimum Gasteiger partial charge on any atom is -0.493 e. The minimum absolute atomic E-state index is 0.124. The van der Waals surface area contributed by atoms with Gasteiger partial charge in [-0.25, -0.2) is 5.14 Å². The number of benzene rings is 2. The molecule has 0 spiro atoms. The van der Waals surface area contributed by atoms with Crippen LogP contribution in [-0.4, -0.2) is 33.6 Å². The van der Waals surface area contributed by atoms with Crippen LogP contribution in [0, 0.1) is 0 Å². The summed E-state index contributed by atoms with van der Waals surface area (Å²) in [5.41, 5.74) is 2.17. The van der Waals surface area contributed by atoms with Gasteiger partial charge in [0.05, 0.1) is 24.0 Å². The number of ether oxygens (including phenoxy) is 2. The molecule has 3 N–H and O–H groups in total. The lowest BCUT2D eigenvalue weighted by atomic mass is 10.1. The summed E-state index contributed by atoms with van der Waals surface area (Å²) in [6.45, 7) is 6.63. The number of hydrogen-bond donors (Lipinski definition) is 2. The van der Waals surface area contributed by atoms with Crippen LogP contribution < -0.4 is 24.2 Å². The summed E-state index contributed by atoms with van der Waals surface area (Å²) in [6, 6.07) is 10.2. The number of carbonyl (C=O) groups is 1. The highest BCUT2D eigenvalue weighted by Crippen LogP contribution is 2.33. The highest BCUT2D eigenvalue weighted by Gasteiger charge is 2.27. The van der Waals surface area contributed by atoms with Crippen molar-refractivity contribution in [3.05, 3.63) is 47.5 Å². The van der Waals surface area contributed by atoms with E-state index in [1.54, 1.807) is 36.4 Å². The average Bonchev–Trinajstić information content (AvgIpc) is 3.09. The molecular weight excluding hydrogens is 406 g/mol. The van der Waals surface area contributed by atoms with Crippen molar-refractivity contribution in [2.24, 2.45) is 5.14 Å². The van der Waals surface area contributed by atoms with E-state index < -0.39 is 10.2 Å². The van der Waals surface area contributed by atoms with E-state index in [4.69, 9.17) is 14.6 Å². The molecule has 8 nitrogen and oxygen atoms in total. The number of nitrogens with two attached hydrogens (primary N) is 1. The van der Waals surface area contributed by atoms with Crippen LogP contribution in [0.1, 0.15) is 43.1 Å². The molecule has 162 valence electrons. The van der Waals surface area contributed by atoms with E-state index in [0.29, 0.717) is 41.5 Å². The molecule has 2 aromatic rings.